The lowest BCUT2D eigenvalue weighted by Gasteiger charge is -2.21. The van der Waals surface area contributed by atoms with Gasteiger partial charge in [0.15, 0.2) is 18.1 Å². The molecule has 2 aromatic heterocycles. The van der Waals surface area contributed by atoms with Crippen molar-refractivity contribution in [2.45, 2.75) is 26.3 Å². The first-order chi connectivity index (χ1) is 13.5. The van der Waals surface area contributed by atoms with Gasteiger partial charge in [-0.3, -0.25) is 14.0 Å². The van der Waals surface area contributed by atoms with Crippen LogP contribution in [0.5, 0.6) is 5.75 Å². The van der Waals surface area contributed by atoms with Gasteiger partial charge >= 0.3 is 0 Å². The van der Waals surface area contributed by atoms with Crippen molar-refractivity contribution in [3.8, 4) is 5.75 Å². The number of hydrogen-bond donors (Lipinski definition) is 2. The number of fused-ring (bicyclic) bond motifs is 2. The van der Waals surface area contributed by atoms with Crippen LogP contribution in [-0.2, 0) is 4.79 Å². The van der Waals surface area contributed by atoms with Gasteiger partial charge in [0.25, 0.3) is 11.8 Å². The van der Waals surface area contributed by atoms with Crippen molar-refractivity contribution < 1.29 is 14.3 Å². The number of anilines is 1. The van der Waals surface area contributed by atoms with Crippen LogP contribution in [0.1, 0.15) is 42.5 Å². The Labute approximate surface area is 161 Å². The average molecular weight is 379 g/mol. The Bertz CT molecular complexity index is 1040. The lowest BCUT2D eigenvalue weighted by atomic mass is 10.0. The van der Waals surface area contributed by atoms with Gasteiger partial charge in [0.1, 0.15) is 5.75 Å². The van der Waals surface area contributed by atoms with Crippen LogP contribution in [0.4, 0.5) is 5.69 Å². The molecule has 8 nitrogen and oxygen atoms in total. The minimum absolute atomic E-state index is 0.0189. The highest BCUT2D eigenvalue weighted by molar-refractivity contribution is 5.99. The summed E-state index contributed by atoms with van der Waals surface area (Å²) < 4.78 is 7.23. The van der Waals surface area contributed by atoms with E-state index >= 15 is 0 Å². The van der Waals surface area contributed by atoms with E-state index in [-0.39, 0.29) is 24.5 Å². The van der Waals surface area contributed by atoms with Crippen LogP contribution in [0.2, 0.25) is 0 Å². The first-order valence-corrected chi connectivity index (χ1v) is 9.18. The maximum absolute atomic E-state index is 12.9. The maximum Gasteiger partial charge on any atom is 0.262 e. The van der Waals surface area contributed by atoms with Gasteiger partial charge in [-0.2, -0.15) is 0 Å². The first kappa shape index (κ1) is 18.0. The Balaban J connectivity index is 1.61. The summed E-state index contributed by atoms with van der Waals surface area (Å²) in [5.74, 6) is 1.10. The second-order valence-corrected chi connectivity index (χ2v) is 7.19. The predicted octanol–water partition coefficient (Wildman–Crippen LogP) is 2.58. The number of nitrogens with one attached hydrogen (secondary N) is 2. The van der Waals surface area contributed by atoms with Crippen molar-refractivity contribution in [1.82, 2.24) is 19.9 Å². The molecule has 1 aliphatic heterocycles. The minimum atomic E-state index is -0.299. The van der Waals surface area contributed by atoms with Crippen LogP contribution in [-0.4, -0.2) is 33.0 Å². The highest BCUT2D eigenvalue weighted by Crippen LogP contribution is 2.29. The fraction of sp³-hybridized carbons (Fsp3) is 0.300. The van der Waals surface area contributed by atoms with Crippen molar-refractivity contribution in [1.29, 1.82) is 0 Å². The molecular formula is C20H21N5O3. The topological polar surface area (TPSA) is 97.6 Å². The molecule has 2 N–H and O–H groups in total. The Kier molecular flexibility index (Phi) is 4.68. The largest absolute Gasteiger partial charge is 0.482 e. The van der Waals surface area contributed by atoms with Crippen molar-refractivity contribution in [2.75, 3.05) is 11.9 Å². The molecule has 0 radical (unpaired) electrons. The third-order valence-electron chi connectivity index (χ3n) is 4.54. The number of amides is 2. The summed E-state index contributed by atoms with van der Waals surface area (Å²) >= 11 is 0. The predicted molar refractivity (Wildman–Crippen MR) is 103 cm³/mol. The highest BCUT2D eigenvalue weighted by Gasteiger charge is 2.23. The summed E-state index contributed by atoms with van der Waals surface area (Å²) in [7, 11) is 0. The monoisotopic (exact) mass is 379 g/mol. The minimum Gasteiger partial charge on any atom is -0.482 e. The second kappa shape index (κ2) is 7.30. The second-order valence-electron chi connectivity index (χ2n) is 7.19. The molecule has 8 heteroatoms. The van der Waals surface area contributed by atoms with E-state index in [1.807, 2.05) is 28.8 Å². The molecule has 3 heterocycles. The standard InChI is InChI=1S/C20H21N5O3/c1-12(2)9-15(19-24-23-17-5-3-4-8-25(17)19)22-20(27)13-6-7-16-14(10-13)21-18(26)11-28-16/h3-8,10,12,15H,9,11H2,1-2H3,(H,21,26)(H,22,27). The molecule has 0 saturated carbocycles. The van der Waals surface area contributed by atoms with Gasteiger partial charge in [-0.15, -0.1) is 10.2 Å². The lowest BCUT2D eigenvalue weighted by Crippen LogP contribution is -2.31. The molecular weight excluding hydrogens is 358 g/mol. The van der Waals surface area contributed by atoms with E-state index in [1.54, 1.807) is 18.2 Å². The van der Waals surface area contributed by atoms with Crippen molar-refractivity contribution in [2.24, 2.45) is 5.92 Å². The number of rotatable bonds is 5. The zero-order chi connectivity index (χ0) is 19.7. The van der Waals surface area contributed by atoms with Gasteiger partial charge in [0.2, 0.25) is 0 Å². The van der Waals surface area contributed by atoms with Gasteiger partial charge in [-0.1, -0.05) is 19.9 Å². The van der Waals surface area contributed by atoms with Crippen LogP contribution in [0.15, 0.2) is 42.6 Å². The van der Waals surface area contributed by atoms with E-state index in [2.05, 4.69) is 34.7 Å². The SMILES string of the molecule is CC(C)CC(NC(=O)c1ccc2c(c1)NC(=O)CO2)c1nnc2ccccn12. The molecule has 28 heavy (non-hydrogen) atoms. The number of pyridine rings is 1. The fourth-order valence-corrected chi connectivity index (χ4v) is 3.26. The number of ether oxygens (including phenoxy) is 1. The molecule has 0 aliphatic carbocycles. The smallest absolute Gasteiger partial charge is 0.262 e. The molecule has 0 bridgehead atoms. The van der Waals surface area contributed by atoms with Gasteiger partial charge in [-0.25, -0.2) is 0 Å². The molecule has 1 atom stereocenters. The van der Waals surface area contributed by atoms with Gasteiger partial charge in [0.05, 0.1) is 11.7 Å². The van der Waals surface area contributed by atoms with Gasteiger partial charge in [0, 0.05) is 11.8 Å². The average Bonchev–Trinajstić information content (AvgIpc) is 3.10. The van der Waals surface area contributed by atoms with Crippen LogP contribution < -0.4 is 15.4 Å². The first-order valence-electron chi connectivity index (χ1n) is 9.18. The van der Waals surface area contributed by atoms with Crippen molar-refractivity contribution >= 4 is 23.1 Å². The molecule has 0 saturated heterocycles. The normalized spacial score (nSPS) is 14.3. The fourth-order valence-electron chi connectivity index (χ4n) is 3.26. The van der Waals surface area contributed by atoms with E-state index < -0.39 is 0 Å². The number of hydrogen-bond acceptors (Lipinski definition) is 5. The Morgan fingerprint density at radius 1 is 1.29 bits per heavy atom. The van der Waals surface area contributed by atoms with E-state index in [0.29, 0.717) is 35.2 Å². The maximum atomic E-state index is 12.9. The molecule has 144 valence electrons. The van der Waals surface area contributed by atoms with E-state index in [4.69, 9.17) is 4.74 Å². The van der Waals surface area contributed by atoms with Crippen molar-refractivity contribution in [3.05, 3.63) is 54.0 Å². The summed E-state index contributed by atoms with van der Waals surface area (Å²) in [5, 5.41) is 14.3. The van der Waals surface area contributed by atoms with E-state index in [0.717, 1.165) is 5.65 Å². The third kappa shape index (κ3) is 3.53. The number of nitrogens with zero attached hydrogens (tertiary/aromatic N) is 3. The number of benzene rings is 1. The molecule has 3 aromatic rings. The van der Waals surface area contributed by atoms with Crippen LogP contribution in [0.3, 0.4) is 0 Å². The Morgan fingerprint density at radius 2 is 2.14 bits per heavy atom. The molecule has 0 spiro atoms. The summed E-state index contributed by atoms with van der Waals surface area (Å²) in [5.41, 5.74) is 1.67. The summed E-state index contributed by atoms with van der Waals surface area (Å²) in [6.07, 6.45) is 2.60. The third-order valence-corrected chi connectivity index (χ3v) is 4.54. The van der Waals surface area contributed by atoms with Crippen LogP contribution in [0, 0.1) is 5.92 Å². The zero-order valence-electron chi connectivity index (χ0n) is 15.7. The summed E-state index contributed by atoms with van der Waals surface area (Å²) in [6.45, 7) is 4.16. The van der Waals surface area contributed by atoms with Crippen LogP contribution >= 0.6 is 0 Å². The Hall–Kier alpha value is -3.42. The van der Waals surface area contributed by atoms with Crippen molar-refractivity contribution in [3.63, 3.8) is 0 Å². The quantitative estimate of drug-likeness (QED) is 0.710. The number of carbonyl (C=O) groups excluding carboxylic acids is 2. The van der Waals surface area contributed by atoms with Gasteiger partial charge < -0.3 is 15.4 Å². The Morgan fingerprint density at radius 3 is 2.96 bits per heavy atom. The molecule has 1 aromatic carbocycles. The van der Waals surface area contributed by atoms with Gasteiger partial charge in [-0.05, 0) is 42.7 Å². The van der Waals surface area contributed by atoms with Crippen LogP contribution in [0.25, 0.3) is 5.65 Å². The molecule has 4 rings (SSSR count). The van der Waals surface area contributed by atoms with E-state index in [9.17, 15) is 9.59 Å². The zero-order valence-corrected chi connectivity index (χ0v) is 15.7. The highest BCUT2D eigenvalue weighted by atomic mass is 16.5. The summed E-state index contributed by atoms with van der Waals surface area (Å²) in [6, 6.07) is 10.4. The molecule has 1 unspecified atom stereocenters. The molecule has 0 fully saturated rings. The summed E-state index contributed by atoms with van der Waals surface area (Å²) in [4.78, 5) is 24.4. The molecule has 2 amide bonds. The number of carbonyl (C=O) groups is 2. The number of aromatic nitrogens is 3. The van der Waals surface area contributed by atoms with E-state index in [1.165, 1.54) is 0 Å². The lowest BCUT2D eigenvalue weighted by molar-refractivity contribution is -0.118. The molecule has 1 aliphatic rings.